The summed E-state index contributed by atoms with van der Waals surface area (Å²) in [6.45, 7) is 15.3. The maximum absolute atomic E-state index is 4.50. The van der Waals surface area contributed by atoms with Crippen molar-refractivity contribution >= 4 is 11.8 Å². The lowest BCUT2D eigenvalue weighted by Crippen LogP contribution is -2.27. The summed E-state index contributed by atoms with van der Waals surface area (Å²) in [6.07, 6.45) is 1.49. The van der Waals surface area contributed by atoms with Gasteiger partial charge in [0.05, 0.1) is 0 Å². The van der Waals surface area contributed by atoms with Gasteiger partial charge < -0.3 is 5.73 Å². The molecule has 5 atom stereocenters. The summed E-state index contributed by atoms with van der Waals surface area (Å²) in [7, 11) is 1.50. The molecule has 0 aromatic carbocycles. The molecule has 2 heteroatoms. The van der Waals surface area contributed by atoms with Gasteiger partial charge in [-0.1, -0.05) is 48.5 Å². The van der Waals surface area contributed by atoms with Gasteiger partial charge in [0.1, 0.15) is 0 Å². The van der Waals surface area contributed by atoms with Crippen molar-refractivity contribution in [2.75, 3.05) is 7.05 Å². The highest BCUT2D eigenvalue weighted by molar-refractivity contribution is 8.01. The van der Waals surface area contributed by atoms with Crippen LogP contribution >= 0.6 is 11.8 Å². The first kappa shape index (κ1) is 18.7. The van der Waals surface area contributed by atoms with Gasteiger partial charge in [-0.15, -0.1) is 0 Å². The van der Waals surface area contributed by atoms with Gasteiger partial charge in [-0.2, -0.15) is 11.8 Å². The summed E-state index contributed by atoms with van der Waals surface area (Å²) in [6, 6.07) is 0. The van der Waals surface area contributed by atoms with Crippen molar-refractivity contribution in [3.05, 3.63) is 0 Å². The maximum Gasteiger partial charge on any atom is 0.0104 e. The lowest BCUT2D eigenvalue weighted by Gasteiger charge is -2.27. The fraction of sp³-hybridized carbons (Fsp3) is 1.00. The molecule has 16 heavy (non-hydrogen) atoms. The van der Waals surface area contributed by atoms with E-state index in [0.717, 1.165) is 28.3 Å². The van der Waals surface area contributed by atoms with Crippen LogP contribution in [-0.4, -0.2) is 17.5 Å². The Kier molecular flexibility index (Phi) is 12.2. The van der Waals surface area contributed by atoms with Gasteiger partial charge in [0.25, 0.3) is 0 Å². The lowest BCUT2D eigenvalue weighted by atomic mass is 9.77. The van der Waals surface area contributed by atoms with Crippen LogP contribution in [0.15, 0.2) is 0 Å². The number of hydrogen-bond donors (Lipinski definition) is 1. The SMILES string of the molecule is CC.CC.CC1CC2SC1C(C)C2C.CN. The molecule has 1 nitrogen and oxygen atoms in total. The highest BCUT2D eigenvalue weighted by atomic mass is 32.2. The molecule has 2 heterocycles. The van der Waals surface area contributed by atoms with Gasteiger partial charge in [-0.3, -0.25) is 0 Å². The first-order valence-electron chi connectivity index (χ1n) is 6.93. The van der Waals surface area contributed by atoms with Gasteiger partial charge in [-0.05, 0) is 31.2 Å². The second kappa shape index (κ2) is 10.5. The molecule has 0 saturated carbocycles. The van der Waals surface area contributed by atoms with Crippen LogP contribution in [0.5, 0.6) is 0 Å². The zero-order chi connectivity index (χ0) is 13.3. The Bertz CT molecular complexity index is 148. The Labute approximate surface area is 108 Å². The Morgan fingerprint density at radius 3 is 1.56 bits per heavy atom. The van der Waals surface area contributed by atoms with Gasteiger partial charge in [0, 0.05) is 10.5 Å². The molecule has 0 radical (unpaired) electrons. The van der Waals surface area contributed by atoms with Crippen LogP contribution in [-0.2, 0) is 0 Å². The summed E-state index contributed by atoms with van der Waals surface area (Å²) >= 11 is 2.26. The maximum atomic E-state index is 4.50. The molecule has 2 aliphatic rings. The second-order valence-corrected chi connectivity index (χ2v) is 5.49. The molecular weight excluding hydrogens is 214 g/mol. The first-order chi connectivity index (χ1) is 7.70. The van der Waals surface area contributed by atoms with E-state index in [1.54, 1.807) is 0 Å². The summed E-state index contributed by atoms with van der Waals surface area (Å²) in [4.78, 5) is 0. The van der Waals surface area contributed by atoms with Crippen molar-refractivity contribution in [1.29, 1.82) is 0 Å². The molecular formula is C14H33NS. The molecule has 100 valence electrons. The Morgan fingerprint density at radius 2 is 1.31 bits per heavy atom. The van der Waals surface area contributed by atoms with E-state index in [9.17, 15) is 0 Å². The highest BCUT2D eigenvalue weighted by Crippen LogP contribution is 2.55. The fourth-order valence-corrected chi connectivity index (χ4v) is 4.70. The third kappa shape index (κ3) is 4.29. The van der Waals surface area contributed by atoms with Crippen molar-refractivity contribution in [2.24, 2.45) is 23.5 Å². The zero-order valence-corrected chi connectivity index (χ0v) is 13.4. The molecule has 2 bridgehead atoms. The minimum atomic E-state index is 0.985. The van der Waals surface area contributed by atoms with Gasteiger partial charge in [0.2, 0.25) is 0 Å². The third-order valence-electron chi connectivity index (χ3n) is 3.43. The molecule has 2 aliphatic heterocycles. The van der Waals surface area contributed by atoms with Crippen molar-refractivity contribution in [2.45, 2.75) is 65.4 Å². The molecule has 0 spiro atoms. The number of hydrogen-bond acceptors (Lipinski definition) is 2. The molecule has 2 fully saturated rings. The van der Waals surface area contributed by atoms with Crippen molar-refractivity contribution in [1.82, 2.24) is 0 Å². The van der Waals surface area contributed by atoms with Gasteiger partial charge in [0.15, 0.2) is 0 Å². The quantitative estimate of drug-likeness (QED) is 0.686. The van der Waals surface area contributed by atoms with E-state index in [0.29, 0.717) is 0 Å². The van der Waals surface area contributed by atoms with Gasteiger partial charge in [-0.25, -0.2) is 0 Å². The average molecular weight is 247 g/mol. The van der Waals surface area contributed by atoms with E-state index in [2.05, 4.69) is 38.3 Å². The van der Waals surface area contributed by atoms with E-state index in [1.165, 1.54) is 13.5 Å². The van der Waals surface area contributed by atoms with Crippen molar-refractivity contribution in [3.8, 4) is 0 Å². The summed E-state index contributed by atoms with van der Waals surface area (Å²) in [5.74, 6) is 2.98. The van der Waals surface area contributed by atoms with E-state index >= 15 is 0 Å². The Hall–Kier alpha value is 0.310. The Balaban J connectivity index is 0. The molecule has 5 unspecified atom stereocenters. The topological polar surface area (TPSA) is 26.0 Å². The monoisotopic (exact) mass is 247 g/mol. The van der Waals surface area contributed by atoms with Crippen LogP contribution in [0.3, 0.4) is 0 Å². The number of thioether (sulfide) groups is 1. The normalized spacial score (nSPS) is 38.4. The largest absolute Gasteiger partial charge is 0.333 e. The molecule has 0 aliphatic carbocycles. The van der Waals surface area contributed by atoms with E-state index in [1.807, 2.05) is 27.7 Å². The average Bonchev–Trinajstić information content (AvgIpc) is 2.87. The summed E-state index contributed by atoms with van der Waals surface area (Å²) in [5.41, 5.74) is 4.50. The highest BCUT2D eigenvalue weighted by Gasteiger charge is 2.47. The predicted octanol–water partition coefficient (Wildman–Crippen LogP) is 4.41. The van der Waals surface area contributed by atoms with Gasteiger partial charge >= 0.3 is 0 Å². The van der Waals surface area contributed by atoms with Crippen LogP contribution in [0.4, 0.5) is 0 Å². The smallest absolute Gasteiger partial charge is 0.0104 e. The fourth-order valence-electron chi connectivity index (χ4n) is 2.51. The van der Waals surface area contributed by atoms with E-state index in [4.69, 9.17) is 0 Å². The molecule has 0 aromatic heterocycles. The zero-order valence-electron chi connectivity index (χ0n) is 12.6. The Morgan fingerprint density at radius 1 is 0.875 bits per heavy atom. The van der Waals surface area contributed by atoms with Crippen LogP contribution in [0.1, 0.15) is 54.9 Å². The summed E-state index contributed by atoms with van der Waals surface area (Å²) in [5, 5.41) is 2.01. The van der Waals surface area contributed by atoms with Crippen LogP contribution in [0, 0.1) is 17.8 Å². The minimum Gasteiger partial charge on any atom is -0.333 e. The van der Waals surface area contributed by atoms with Crippen molar-refractivity contribution < 1.29 is 0 Å². The molecule has 2 saturated heterocycles. The molecule has 0 amide bonds. The van der Waals surface area contributed by atoms with E-state index in [-0.39, 0.29) is 0 Å². The first-order valence-corrected chi connectivity index (χ1v) is 7.87. The summed E-state index contributed by atoms with van der Waals surface area (Å²) < 4.78 is 0. The number of nitrogens with two attached hydrogens (primary N) is 1. The van der Waals surface area contributed by atoms with Crippen LogP contribution < -0.4 is 5.73 Å². The number of rotatable bonds is 0. The van der Waals surface area contributed by atoms with E-state index < -0.39 is 0 Å². The molecule has 2 rings (SSSR count). The lowest BCUT2D eigenvalue weighted by molar-refractivity contribution is 0.273. The van der Waals surface area contributed by atoms with Crippen LogP contribution in [0.25, 0.3) is 0 Å². The van der Waals surface area contributed by atoms with Crippen molar-refractivity contribution in [3.63, 3.8) is 0 Å². The third-order valence-corrected chi connectivity index (χ3v) is 5.61. The predicted molar refractivity (Wildman–Crippen MR) is 80.1 cm³/mol. The van der Waals surface area contributed by atoms with Crippen LogP contribution in [0.2, 0.25) is 0 Å². The minimum absolute atomic E-state index is 0.985. The standard InChI is InChI=1S/C9H16S.2C2H6.CH5N/c1-5-4-8-6(2)7(3)9(5)10-8;3*1-2/h5-9H,4H2,1-3H3;2*1-2H3;2H2,1H3. The molecule has 2 N–H and O–H groups in total. The second-order valence-electron chi connectivity index (χ2n) is 4.07. The number of fused-ring (bicyclic) bond motifs is 2. The molecule has 0 aromatic rings.